The molecule has 3 nitrogen and oxygen atoms in total. The molecule has 0 radical (unpaired) electrons. The van der Waals surface area contributed by atoms with Crippen LogP contribution in [0.25, 0.3) is 0 Å². The van der Waals surface area contributed by atoms with Crippen LogP contribution < -0.4 is 5.32 Å². The fourth-order valence-corrected chi connectivity index (χ4v) is 4.96. The minimum atomic E-state index is -0.350. The zero-order valence-corrected chi connectivity index (χ0v) is 21.3. The predicted molar refractivity (Wildman–Crippen MR) is 136 cm³/mol. The van der Waals surface area contributed by atoms with E-state index in [-0.39, 0.29) is 6.23 Å². The van der Waals surface area contributed by atoms with Crippen LogP contribution in [0.5, 0.6) is 0 Å². The summed E-state index contributed by atoms with van der Waals surface area (Å²) in [6.45, 7) is 7.29. The van der Waals surface area contributed by atoms with Crippen LogP contribution in [0.1, 0.15) is 136 Å². The zero-order chi connectivity index (χ0) is 22.6. The first kappa shape index (κ1) is 28.2. The van der Waals surface area contributed by atoms with Crippen LogP contribution in [0.4, 0.5) is 0 Å². The third-order valence-electron chi connectivity index (χ3n) is 7.20. The van der Waals surface area contributed by atoms with Crippen LogP contribution >= 0.6 is 0 Å². The largest absolute Gasteiger partial charge is 0.345 e. The van der Waals surface area contributed by atoms with Gasteiger partial charge in [0.25, 0.3) is 0 Å². The van der Waals surface area contributed by atoms with Crippen molar-refractivity contribution in [3.63, 3.8) is 0 Å². The Hall–Kier alpha value is -0.800. The maximum absolute atomic E-state index is 10.2. The molecular formula is C28H55N2O+. The molecule has 1 heterocycles. The number of nitrogens with one attached hydrogen (secondary N) is 1. The summed E-state index contributed by atoms with van der Waals surface area (Å²) in [5.74, 6) is 0. The topological polar surface area (TPSA) is 32.3 Å². The lowest BCUT2D eigenvalue weighted by Gasteiger charge is -2.39. The molecule has 0 aromatic carbocycles. The zero-order valence-electron chi connectivity index (χ0n) is 21.3. The first-order chi connectivity index (χ1) is 15.2. The molecule has 3 unspecified atom stereocenters. The van der Waals surface area contributed by atoms with E-state index in [0.29, 0.717) is 10.6 Å². The average molecular weight is 436 g/mol. The summed E-state index contributed by atoms with van der Waals surface area (Å²) in [5.41, 5.74) is 0. The van der Waals surface area contributed by atoms with Crippen LogP contribution in [-0.4, -0.2) is 28.5 Å². The molecule has 0 saturated heterocycles. The number of nitrogens with zero attached hydrogens (tertiary/aromatic N) is 1. The second-order valence-electron chi connectivity index (χ2n) is 9.73. The van der Waals surface area contributed by atoms with Gasteiger partial charge < -0.3 is 10.4 Å². The Labute approximate surface area is 195 Å². The van der Waals surface area contributed by atoms with Crippen LogP contribution in [0.3, 0.4) is 0 Å². The second-order valence-corrected chi connectivity index (χ2v) is 9.73. The highest BCUT2D eigenvalue weighted by Crippen LogP contribution is 2.25. The number of unbranched alkanes of at least 4 members (excludes halogenated alkanes) is 15. The SMILES string of the molecule is CCCCCCCCCCCCCCCC/C=C/CCCC1NC=C[N+]1(CC)C(C)O. The Morgan fingerprint density at radius 2 is 1.26 bits per heavy atom. The molecule has 0 aromatic rings. The van der Waals surface area contributed by atoms with Gasteiger partial charge in [-0.25, -0.2) is 0 Å². The number of hydrogen-bond acceptors (Lipinski definition) is 2. The molecule has 1 aliphatic rings. The molecule has 182 valence electrons. The summed E-state index contributed by atoms with van der Waals surface area (Å²) in [6, 6.07) is 0. The number of aliphatic hydroxyl groups excluding tert-OH is 1. The minimum Gasteiger partial charge on any atom is -0.345 e. The molecule has 31 heavy (non-hydrogen) atoms. The van der Waals surface area contributed by atoms with Crippen molar-refractivity contribution in [3.05, 3.63) is 24.6 Å². The van der Waals surface area contributed by atoms with Gasteiger partial charge in [-0.15, -0.1) is 0 Å². The molecule has 0 aromatic heterocycles. The molecular weight excluding hydrogens is 380 g/mol. The summed E-state index contributed by atoms with van der Waals surface area (Å²) >= 11 is 0. The van der Waals surface area contributed by atoms with E-state index in [1.54, 1.807) is 0 Å². The third kappa shape index (κ3) is 12.1. The molecule has 3 heteroatoms. The Morgan fingerprint density at radius 3 is 1.74 bits per heavy atom. The fourth-order valence-electron chi connectivity index (χ4n) is 4.96. The highest BCUT2D eigenvalue weighted by Gasteiger charge is 2.40. The molecule has 0 spiro atoms. The maximum atomic E-state index is 10.2. The van der Waals surface area contributed by atoms with Crippen LogP contribution in [0.2, 0.25) is 0 Å². The molecule has 2 N–H and O–H groups in total. The first-order valence-electron chi connectivity index (χ1n) is 13.8. The monoisotopic (exact) mass is 435 g/mol. The molecule has 0 bridgehead atoms. The lowest BCUT2D eigenvalue weighted by atomic mass is 10.0. The number of rotatable bonds is 21. The van der Waals surface area contributed by atoms with Crippen molar-refractivity contribution in [2.24, 2.45) is 0 Å². The van der Waals surface area contributed by atoms with E-state index < -0.39 is 0 Å². The fraction of sp³-hybridized carbons (Fsp3) is 0.857. The van der Waals surface area contributed by atoms with Gasteiger partial charge in [-0.3, -0.25) is 4.48 Å². The van der Waals surface area contributed by atoms with Crippen LogP contribution in [0.15, 0.2) is 24.6 Å². The van der Waals surface area contributed by atoms with E-state index in [9.17, 15) is 5.11 Å². The van der Waals surface area contributed by atoms with Crippen molar-refractivity contribution < 1.29 is 9.59 Å². The summed E-state index contributed by atoms with van der Waals surface area (Å²) in [6.07, 6.45) is 33.6. The van der Waals surface area contributed by atoms with Crippen molar-refractivity contribution >= 4 is 0 Å². The van der Waals surface area contributed by atoms with Gasteiger partial charge in [0.05, 0.1) is 12.7 Å². The highest BCUT2D eigenvalue weighted by molar-refractivity contribution is 4.86. The molecule has 0 aliphatic carbocycles. The van der Waals surface area contributed by atoms with Gasteiger partial charge in [-0.1, -0.05) is 103 Å². The summed E-state index contributed by atoms with van der Waals surface area (Å²) in [4.78, 5) is 0. The molecule has 0 amide bonds. The Morgan fingerprint density at radius 1 is 0.774 bits per heavy atom. The quantitative estimate of drug-likeness (QED) is 0.108. The number of aliphatic hydroxyl groups is 1. The number of quaternary nitrogens is 1. The van der Waals surface area contributed by atoms with Crippen LogP contribution in [0, 0.1) is 0 Å². The van der Waals surface area contributed by atoms with E-state index in [1.807, 2.05) is 13.1 Å². The lowest BCUT2D eigenvalue weighted by Crippen LogP contribution is -2.57. The summed E-state index contributed by atoms with van der Waals surface area (Å²) < 4.78 is 0.656. The Bertz CT molecular complexity index is 460. The average Bonchev–Trinajstić information content (AvgIpc) is 3.19. The number of allylic oxidation sites excluding steroid dienone is 2. The van der Waals surface area contributed by atoms with E-state index in [1.165, 1.54) is 103 Å². The molecule has 1 aliphatic heterocycles. The normalized spacial score (nSPS) is 21.7. The predicted octanol–water partition coefficient (Wildman–Crippen LogP) is 8.16. The smallest absolute Gasteiger partial charge is 0.193 e. The van der Waals surface area contributed by atoms with E-state index >= 15 is 0 Å². The van der Waals surface area contributed by atoms with Crippen molar-refractivity contribution in [2.45, 2.75) is 149 Å². The van der Waals surface area contributed by atoms with E-state index in [0.717, 1.165) is 19.4 Å². The summed E-state index contributed by atoms with van der Waals surface area (Å²) in [7, 11) is 0. The summed E-state index contributed by atoms with van der Waals surface area (Å²) in [5, 5.41) is 13.6. The van der Waals surface area contributed by atoms with Gasteiger partial charge in [0.1, 0.15) is 6.20 Å². The minimum absolute atomic E-state index is 0.323. The van der Waals surface area contributed by atoms with Crippen LogP contribution in [-0.2, 0) is 0 Å². The first-order valence-corrected chi connectivity index (χ1v) is 13.8. The number of hydrogen-bond donors (Lipinski definition) is 2. The lowest BCUT2D eigenvalue weighted by molar-refractivity contribution is -0.942. The van der Waals surface area contributed by atoms with Crippen molar-refractivity contribution in [1.82, 2.24) is 5.32 Å². The van der Waals surface area contributed by atoms with E-state index in [2.05, 4.69) is 37.5 Å². The Balaban J connectivity index is 1.86. The van der Waals surface area contributed by atoms with Crippen molar-refractivity contribution in [2.75, 3.05) is 6.54 Å². The van der Waals surface area contributed by atoms with Crippen molar-refractivity contribution in [3.8, 4) is 0 Å². The van der Waals surface area contributed by atoms with Gasteiger partial charge in [0, 0.05) is 13.3 Å². The standard InChI is InChI=1S/C28H55N2O/c1-4-6-7-8-9-10-11-12-13-14-15-16-17-18-19-20-21-22-23-24-28-29-25-26-30(28,5-2)27(3)31/h20-21,25-29,31H,4-19,22-24H2,1-3H3/q+1/b21-20+. The van der Waals surface area contributed by atoms with Gasteiger partial charge in [-0.05, 0) is 32.6 Å². The highest BCUT2D eigenvalue weighted by atomic mass is 16.3. The van der Waals surface area contributed by atoms with Crippen molar-refractivity contribution in [1.29, 1.82) is 0 Å². The van der Waals surface area contributed by atoms with Gasteiger partial charge in [0.15, 0.2) is 12.4 Å². The molecule has 0 saturated carbocycles. The Kier molecular flexibility index (Phi) is 17.1. The van der Waals surface area contributed by atoms with Gasteiger partial charge >= 0.3 is 0 Å². The van der Waals surface area contributed by atoms with Gasteiger partial charge in [-0.2, -0.15) is 0 Å². The molecule has 0 fully saturated rings. The van der Waals surface area contributed by atoms with Gasteiger partial charge in [0.2, 0.25) is 0 Å². The second kappa shape index (κ2) is 18.7. The molecule has 1 rings (SSSR count). The van der Waals surface area contributed by atoms with E-state index in [4.69, 9.17) is 0 Å². The third-order valence-corrected chi connectivity index (χ3v) is 7.20. The maximum Gasteiger partial charge on any atom is 0.193 e. The molecule has 3 atom stereocenters.